The zero-order valence-electron chi connectivity index (χ0n) is 22.7. The Morgan fingerprint density at radius 1 is 0.905 bits per heavy atom. The molecule has 0 radical (unpaired) electrons. The van der Waals surface area contributed by atoms with Gasteiger partial charge in [-0.1, -0.05) is 54.1 Å². The van der Waals surface area contributed by atoms with Crippen molar-refractivity contribution in [2.75, 3.05) is 4.90 Å². The summed E-state index contributed by atoms with van der Waals surface area (Å²) in [6, 6.07) is 16.9. The number of anilines is 1. The Morgan fingerprint density at radius 2 is 1.69 bits per heavy atom. The van der Waals surface area contributed by atoms with E-state index in [9.17, 15) is 34.3 Å². The van der Waals surface area contributed by atoms with Crippen LogP contribution in [0.15, 0.2) is 95.1 Å². The topological polar surface area (TPSA) is 132 Å². The van der Waals surface area contributed by atoms with Gasteiger partial charge in [-0.25, -0.2) is 0 Å². The maximum Gasteiger partial charge on any atom is 0.488 e. The highest BCUT2D eigenvalue weighted by Crippen LogP contribution is 2.57. The first kappa shape index (κ1) is 26.3. The van der Waals surface area contributed by atoms with Gasteiger partial charge in [0.15, 0.2) is 11.6 Å². The van der Waals surface area contributed by atoms with Crippen LogP contribution in [-0.4, -0.2) is 45.7 Å². The fourth-order valence-corrected chi connectivity index (χ4v) is 7.36. The van der Waals surface area contributed by atoms with E-state index >= 15 is 0 Å². The summed E-state index contributed by atoms with van der Waals surface area (Å²) >= 11 is 0. The van der Waals surface area contributed by atoms with Crippen molar-refractivity contribution in [1.82, 2.24) is 0 Å². The van der Waals surface area contributed by atoms with Crippen molar-refractivity contribution >= 4 is 52.4 Å². The smallest absolute Gasteiger partial charge is 0.488 e. The number of rotatable bonds is 3. The van der Waals surface area contributed by atoms with E-state index in [4.69, 9.17) is 0 Å². The van der Waals surface area contributed by atoms with Crippen molar-refractivity contribution in [1.29, 1.82) is 0 Å². The number of hydrogen-bond donors (Lipinski definition) is 3. The summed E-state index contributed by atoms with van der Waals surface area (Å²) < 4.78 is 0. The normalized spacial score (nSPS) is 25.3. The number of ketones is 2. The minimum atomic E-state index is -1.77. The van der Waals surface area contributed by atoms with Gasteiger partial charge < -0.3 is 15.2 Å². The number of hydrogen-bond acceptors (Lipinski definition) is 7. The lowest BCUT2D eigenvalue weighted by Crippen LogP contribution is -2.40. The second kappa shape index (κ2) is 9.47. The highest BCUT2D eigenvalue weighted by molar-refractivity contribution is 6.58. The lowest BCUT2D eigenvalue weighted by molar-refractivity contribution is -0.123. The first-order chi connectivity index (χ1) is 20.2. The van der Waals surface area contributed by atoms with Gasteiger partial charge in [0.2, 0.25) is 11.8 Å². The highest BCUT2D eigenvalue weighted by atomic mass is 16.4. The number of fused-ring (bicyclic) bond motifs is 4. The van der Waals surface area contributed by atoms with Crippen LogP contribution in [0.1, 0.15) is 31.2 Å². The Morgan fingerprint density at radius 3 is 2.48 bits per heavy atom. The third kappa shape index (κ3) is 3.70. The highest BCUT2D eigenvalue weighted by Gasteiger charge is 2.57. The molecule has 1 fully saturated rings. The largest absolute Gasteiger partial charge is 0.508 e. The van der Waals surface area contributed by atoms with Gasteiger partial charge in [0.1, 0.15) is 5.75 Å². The number of amides is 2. The van der Waals surface area contributed by atoms with Crippen LogP contribution >= 0.6 is 0 Å². The van der Waals surface area contributed by atoms with Crippen molar-refractivity contribution in [2.45, 2.75) is 25.7 Å². The minimum Gasteiger partial charge on any atom is -0.508 e. The van der Waals surface area contributed by atoms with Crippen molar-refractivity contribution in [3.05, 3.63) is 101 Å². The lowest BCUT2D eigenvalue weighted by Gasteiger charge is -2.42. The predicted octanol–water partition coefficient (Wildman–Crippen LogP) is 2.86. The van der Waals surface area contributed by atoms with Gasteiger partial charge in [0.05, 0.1) is 17.5 Å². The van der Waals surface area contributed by atoms with Gasteiger partial charge in [0, 0.05) is 28.2 Å². The average Bonchev–Trinajstić information content (AvgIpc) is 3.24. The van der Waals surface area contributed by atoms with Gasteiger partial charge in [-0.2, -0.15) is 0 Å². The van der Waals surface area contributed by atoms with E-state index in [-0.39, 0.29) is 41.3 Å². The van der Waals surface area contributed by atoms with Crippen LogP contribution in [0.25, 0.3) is 10.8 Å². The van der Waals surface area contributed by atoms with E-state index in [0.29, 0.717) is 22.3 Å². The molecule has 2 amide bonds. The molecule has 7 rings (SSSR count). The number of Topliss-reactive ketones (excluding diaryl/α,β-unsaturated/α-hetero) is 1. The van der Waals surface area contributed by atoms with E-state index in [2.05, 4.69) is 0 Å². The lowest BCUT2D eigenvalue weighted by atomic mass is 9.59. The first-order valence-electron chi connectivity index (χ1n) is 13.9. The van der Waals surface area contributed by atoms with Crippen LogP contribution in [-0.2, 0) is 19.2 Å². The number of benzene rings is 3. The summed E-state index contributed by atoms with van der Waals surface area (Å²) in [6.07, 6.45) is 3.62. The zero-order chi connectivity index (χ0) is 29.4. The monoisotopic (exact) mass is 559 g/mol. The fraction of sp³-hybridized carbons (Fsp3) is 0.212. The molecule has 42 heavy (non-hydrogen) atoms. The molecule has 208 valence electrons. The van der Waals surface area contributed by atoms with Crippen molar-refractivity contribution in [2.24, 2.45) is 17.8 Å². The molecule has 1 heterocycles. The van der Waals surface area contributed by atoms with Crippen LogP contribution in [0.3, 0.4) is 0 Å². The Hall–Kier alpha value is -4.60. The number of nitrogens with zero attached hydrogens (tertiary/aromatic N) is 1. The fourth-order valence-electron chi connectivity index (χ4n) is 7.36. The first-order valence-corrected chi connectivity index (χ1v) is 13.9. The van der Waals surface area contributed by atoms with E-state index in [1.54, 1.807) is 31.2 Å². The van der Waals surface area contributed by atoms with E-state index in [0.717, 1.165) is 21.2 Å². The van der Waals surface area contributed by atoms with E-state index < -0.39 is 42.6 Å². The van der Waals surface area contributed by atoms with Gasteiger partial charge in [0.25, 0.3) is 0 Å². The number of phenols is 1. The Bertz CT molecular complexity index is 1850. The summed E-state index contributed by atoms with van der Waals surface area (Å²) in [5.74, 6) is -4.19. The molecule has 4 aliphatic rings. The molecule has 9 heteroatoms. The number of imide groups is 1. The average molecular weight is 559 g/mol. The van der Waals surface area contributed by atoms with Crippen molar-refractivity contribution < 1.29 is 34.3 Å². The molecule has 3 aliphatic carbocycles. The molecule has 0 aromatic heterocycles. The van der Waals surface area contributed by atoms with Crippen molar-refractivity contribution in [3.63, 3.8) is 0 Å². The Balaban J connectivity index is 1.40. The zero-order valence-corrected chi connectivity index (χ0v) is 22.7. The molecule has 4 atom stereocenters. The summed E-state index contributed by atoms with van der Waals surface area (Å²) in [7, 11) is -1.77. The molecule has 3 N–H and O–H groups in total. The maximum atomic E-state index is 14.1. The maximum absolute atomic E-state index is 14.1. The number of phenolic OH excluding ortho intramolecular Hbond substituents is 1. The number of carbonyl (C=O) groups is 4. The third-order valence-corrected chi connectivity index (χ3v) is 9.23. The minimum absolute atomic E-state index is 0.0171. The second-order valence-electron chi connectivity index (χ2n) is 11.4. The Kier molecular flexibility index (Phi) is 5.94. The van der Waals surface area contributed by atoms with E-state index in [1.807, 2.05) is 30.3 Å². The molecule has 8 nitrogen and oxygen atoms in total. The molecule has 3 aromatic rings. The molecule has 1 aliphatic heterocycles. The van der Waals surface area contributed by atoms with Crippen LogP contribution in [0.4, 0.5) is 5.69 Å². The molecule has 0 unspecified atom stereocenters. The van der Waals surface area contributed by atoms with Crippen molar-refractivity contribution in [3.8, 4) is 5.75 Å². The quantitative estimate of drug-likeness (QED) is 0.195. The number of allylic oxidation sites excluding steroid dienone is 6. The van der Waals surface area contributed by atoms with Gasteiger partial charge in [-0.05, 0) is 66.2 Å². The number of carbonyl (C=O) groups excluding carboxylic acids is 4. The van der Waals surface area contributed by atoms with Crippen LogP contribution < -0.4 is 10.4 Å². The number of aromatic hydroxyl groups is 1. The molecule has 1 saturated heterocycles. The van der Waals surface area contributed by atoms with Crippen LogP contribution in [0.5, 0.6) is 5.75 Å². The summed E-state index contributed by atoms with van der Waals surface area (Å²) in [5.41, 5.74) is 2.60. The molecule has 0 saturated carbocycles. The third-order valence-electron chi connectivity index (χ3n) is 9.23. The summed E-state index contributed by atoms with van der Waals surface area (Å²) in [6.45, 7) is 1.61. The second-order valence-corrected chi connectivity index (χ2v) is 11.4. The van der Waals surface area contributed by atoms with E-state index in [1.165, 1.54) is 18.2 Å². The molecule has 3 aromatic carbocycles. The molecular formula is C33H26BNO7. The standard InChI is InChI=1S/C33H26BNO7/c1-16-13-26(37)24-15-23-21(29(30(24)31(16)38)28-20-8-3-2-5-17(20)9-12-25(28)36)10-11-22-27(23)33(40)35(32(22)39)19-7-4-6-18(14-19)34(41)42/h2-10,12-14,22-23,27,29,36,41-42H,11,15H2,1H3/t22-,23+,27-,29+/m0/s1. The van der Waals surface area contributed by atoms with Gasteiger partial charge in [-0.3, -0.25) is 24.1 Å². The van der Waals surface area contributed by atoms with Gasteiger partial charge >= 0.3 is 7.12 Å². The molecular weight excluding hydrogens is 533 g/mol. The summed E-state index contributed by atoms with van der Waals surface area (Å²) in [5, 5.41) is 32.2. The molecule has 0 bridgehead atoms. The summed E-state index contributed by atoms with van der Waals surface area (Å²) in [4.78, 5) is 56.0. The Labute approximate surface area is 241 Å². The van der Waals surface area contributed by atoms with Crippen LogP contribution in [0, 0.1) is 17.8 Å². The van der Waals surface area contributed by atoms with Crippen LogP contribution in [0.2, 0.25) is 0 Å². The molecule has 0 spiro atoms. The predicted molar refractivity (Wildman–Crippen MR) is 156 cm³/mol. The van der Waals surface area contributed by atoms with Gasteiger partial charge in [-0.15, -0.1) is 0 Å². The SMILES string of the molecule is CC1=CC(=O)C2=C(C1=O)[C@@H](c1c(O)ccc3ccccc13)C1=CC[C@@H]3C(=O)N(c4cccc(B(O)O)c4)C(=O)[C@@H]3[C@@H]1C2.